The molecule has 0 aromatic carbocycles. The second kappa shape index (κ2) is 5.95. The number of hydrogen-bond acceptors (Lipinski definition) is 8. The zero-order chi connectivity index (χ0) is 21.7. The average molecular weight is 418 g/mol. The Kier molecular flexibility index (Phi) is 3.91. The quantitative estimate of drug-likeness (QED) is 0.224. The van der Waals surface area contributed by atoms with Gasteiger partial charge in [-0.1, -0.05) is 12.2 Å². The van der Waals surface area contributed by atoms with E-state index in [1.165, 1.54) is 6.92 Å². The van der Waals surface area contributed by atoms with E-state index in [2.05, 4.69) is 6.58 Å². The monoisotopic (exact) mass is 418 g/mol. The molecule has 0 aromatic rings. The molecular formula is C22H26O8. The first-order chi connectivity index (χ1) is 14.0. The van der Waals surface area contributed by atoms with E-state index in [-0.39, 0.29) is 23.7 Å². The van der Waals surface area contributed by atoms with Crippen LogP contribution in [0, 0.1) is 11.8 Å². The molecule has 0 amide bonds. The lowest BCUT2D eigenvalue weighted by atomic mass is 9.79. The number of fused-ring (bicyclic) bond motifs is 5. The van der Waals surface area contributed by atoms with Crippen LogP contribution in [-0.2, 0) is 38.1 Å². The zero-order valence-electron chi connectivity index (χ0n) is 17.7. The second-order valence-electron chi connectivity index (χ2n) is 9.37. The van der Waals surface area contributed by atoms with Crippen molar-refractivity contribution in [3.63, 3.8) is 0 Å². The molecule has 8 nitrogen and oxygen atoms in total. The molecule has 30 heavy (non-hydrogen) atoms. The lowest BCUT2D eigenvalue weighted by Crippen LogP contribution is -2.47. The molecule has 1 saturated carbocycles. The number of carbonyl (C=O) groups excluding carboxylic acids is 3. The number of esters is 3. The maximum atomic E-state index is 12.9. The fourth-order valence-electron chi connectivity index (χ4n) is 5.54. The molecule has 3 saturated heterocycles. The van der Waals surface area contributed by atoms with E-state index in [1.807, 2.05) is 13.8 Å². The molecular weight excluding hydrogens is 392 g/mol. The summed E-state index contributed by atoms with van der Waals surface area (Å²) in [6.07, 6.45) is -1.96. The van der Waals surface area contributed by atoms with Gasteiger partial charge in [-0.25, -0.2) is 9.59 Å². The molecule has 9 unspecified atom stereocenters. The molecule has 0 aromatic heterocycles. The van der Waals surface area contributed by atoms with E-state index >= 15 is 0 Å². The highest BCUT2D eigenvalue weighted by Gasteiger charge is 2.71. The predicted molar refractivity (Wildman–Crippen MR) is 101 cm³/mol. The Labute approximate surface area is 174 Å². The summed E-state index contributed by atoms with van der Waals surface area (Å²) in [5.41, 5.74) is 0.564. The van der Waals surface area contributed by atoms with Gasteiger partial charge in [-0.3, -0.25) is 4.79 Å². The topological polar surface area (TPSA) is 104 Å². The SMILES string of the molecule is C=C1C(=O)OC2C1C(OC(=O)C1(C)OC1C)C(OC(C)=O)C(C)=C1CC3OC3(C)C12. The van der Waals surface area contributed by atoms with Crippen LogP contribution >= 0.6 is 0 Å². The van der Waals surface area contributed by atoms with Gasteiger partial charge in [0.05, 0.1) is 18.1 Å². The minimum absolute atomic E-state index is 0.0392. The largest absolute Gasteiger partial charge is 0.457 e. The summed E-state index contributed by atoms with van der Waals surface area (Å²) in [7, 11) is 0. The molecule has 162 valence electrons. The van der Waals surface area contributed by atoms with E-state index in [0.717, 1.165) is 11.1 Å². The Bertz CT molecular complexity index is 920. The molecule has 8 heteroatoms. The summed E-state index contributed by atoms with van der Waals surface area (Å²) in [6, 6.07) is 0. The zero-order valence-corrected chi connectivity index (χ0v) is 17.7. The van der Waals surface area contributed by atoms with Gasteiger partial charge < -0.3 is 23.7 Å². The standard InChI is InChI=1S/C22H26O8/c1-8-12-7-13-22(6,30-13)15(12)17-14(9(2)19(24)27-17)18(16(8)26-11(4)23)28-20(25)21(5)10(3)29-21/h10,13-18H,2,7H2,1,3-6H3. The molecule has 2 aliphatic carbocycles. The third-order valence-electron chi connectivity index (χ3n) is 7.63. The predicted octanol–water partition coefficient (Wildman–Crippen LogP) is 1.61. The number of hydrogen-bond donors (Lipinski definition) is 0. The van der Waals surface area contributed by atoms with Crippen LogP contribution in [0.4, 0.5) is 0 Å². The van der Waals surface area contributed by atoms with Crippen molar-refractivity contribution in [3.05, 3.63) is 23.3 Å². The molecule has 0 spiro atoms. The van der Waals surface area contributed by atoms with Gasteiger partial charge in [-0.15, -0.1) is 0 Å². The number of ether oxygens (including phenoxy) is 5. The van der Waals surface area contributed by atoms with Gasteiger partial charge in [0.25, 0.3) is 0 Å². The van der Waals surface area contributed by atoms with Crippen molar-refractivity contribution in [3.8, 4) is 0 Å². The van der Waals surface area contributed by atoms with E-state index in [1.54, 1.807) is 13.8 Å². The minimum Gasteiger partial charge on any atom is -0.457 e. The summed E-state index contributed by atoms with van der Waals surface area (Å²) in [6.45, 7) is 12.6. The van der Waals surface area contributed by atoms with Gasteiger partial charge in [0.15, 0.2) is 17.8 Å². The average Bonchev–Trinajstić information content (AvgIpc) is 3.43. The van der Waals surface area contributed by atoms with E-state index in [4.69, 9.17) is 23.7 Å². The van der Waals surface area contributed by atoms with Gasteiger partial charge in [0.1, 0.15) is 11.7 Å². The van der Waals surface area contributed by atoms with E-state index in [9.17, 15) is 14.4 Å². The molecule has 9 atom stereocenters. The summed E-state index contributed by atoms with van der Waals surface area (Å²) >= 11 is 0. The van der Waals surface area contributed by atoms with E-state index < -0.39 is 53.3 Å². The van der Waals surface area contributed by atoms with E-state index in [0.29, 0.717) is 6.42 Å². The molecule has 4 fully saturated rings. The smallest absolute Gasteiger partial charge is 0.341 e. The maximum absolute atomic E-state index is 12.9. The Hall–Kier alpha value is -2.19. The highest BCUT2D eigenvalue weighted by atomic mass is 16.7. The highest BCUT2D eigenvalue weighted by Crippen LogP contribution is 2.62. The molecule has 0 radical (unpaired) electrons. The molecule has 5 rings (SSSR count). The fourth-order valence-corrected chi connectivity index (χ4v) is 5.54. The molecule has 5 aliphatic rings. The maximum Gasteiger partial charge on any atom is 0.341 e. The summed E-state index contributed by atoms with van der Waals surface area (Å²) in [4.78, 5) is 37.4. The Morgan fingerprint density at radius 3 is 2.47 bits per heavy atom. The van der Waals surface area contributed by atoms with Crippen molar-refractivity contribution < 1.29 is 38.1 Å². The van der Waals surface area contributed by atoms with Crippen LogP contribution in [0.3, 0.4) is 0 Å². The summed E-state index contributed by atoms with van der Waals surface area (Å²) < 4.78 is 28.7. The first-order valence-electron chi connectivity index (χ1n) is 10.3. The lowest BCUT2D eigenvalue weighted by Gasteiger charge is -2.32. The first kappa shape index (κ1) is 19.8. The van der Waals surface area contributed by atoms with Gasteiger partial charge >= 0.3 is 17.9 Å². The third kappa shape index (κ3) is 2.49. The molecule has 3 aliphatic heterocycles. The Balaban J connectivity index is 1.60. The van der Waals surface area contributed by atoms with Crippen LogP contribution in [0.25, 0.3) is 0 Å². The molecule has 3 heterocycles. The normalized spacial score (nSPS) is 48.2. The highest BCUT2D eigenvalue weighted by molar-refractivity contribution is 5.91. The van der Waals surface area contributed by atoms with Gasteiger partial charge in [-0.2, -0.15) is 0 Å². The van der Waals surface area contributed by atoms with Crippen LogP contribution in [0.5, 0.6) is 0 Å². The Morgan fingerprint density at radius 1 is 1.20 bits per heavy atom. The van der Waals surface area contributed by atoms with Crippen molar-refractivity contribution in [1.29, 1.82) is 0 Å². The number of rotatable bonds is 3. The number of epoxide rings is 2. The lowest BCUT2D eigenvalue weighted by molar-refractivity contribution is -0.173. The Morgan fingerprint density at radius 2 is 1.87 bits per heavy atom. The van der Waals surface area contributed by atoms with Crippen molar-refractivity contribution in [1.82, 2.24) is 0 Å². The molecule has 0 bridgehead atoms. The van der Waals surface area contributed by atoms with Crippen LogP contribution in [-0.4, -0.2) is 59.6 Å². The third-order valence-corrected chi connectivity index (χ3v) is 7.63. The number of carbonyl (C=O) groups is 3. The van der Waals surface area contributed by atoms with Gasteiger partial charge in [0, 0.05) is 18.4 Å². The summed E-state index contributed by atoms with van der Waals surface area (Å²) in [5.74, 6) is -2.44. The van der Waals surface area contributed by atoms with Gasteiger partial charge in [0.2, 0.25) is 0 Å². The van der Waals surface area contributed by atoms with Crippen molar-refractivity contribution >= 4 is 17.9 Å². The van der Waals surface area contributed by atoms with Crippen LogP contribution < -0.4 is 0 Å². The summed E-state index contributed by atoms with van der Waals surface area (Å²) in [5, 5.41) is 0. The molecule has 0 N–H and O–H groups in total. The fraction of sp³-hybridized carbons (Fsp3) is 0.682. The van der Waals surface area contributed by atoms with Crippen LogP contribution in [0.15, 0.2) is 23.3 Å². The van der Waals surface area contributed by atoms with Crippen molar-refractivity contribution in [2.75, 3.05) is 0 Å². The second-order valence-corrected chi connectivity index (χ2v) is 9.37. The van der Waals surface area contributed by atoms with Crippen molar-refractivity contribution in [2.24, 2.45) is 11.8 Å². The minimum atomic E-state index is -1.05. The van der Waals surface area contributed by atoms with Gasteiger partial charge in [-0.05, 0) is 39.7 Å². The van der Waals surface area contributed by atoms with Crippen LogP contribution in [0.2, 0.25) is 0 Å². The first-order valence-corrected chi connectivity index (χ1v) is 10.3. The van der Waals surface area contributed by atoms with Crippen molar-refractivity contribution in [2.45, 2.75) is 82.8 Å². The van der Waals surface area contributed by atoms with Crippen LogP contribution in [0.1, 0.15) is 41.0 Å².